The lowest BCUT2D eigenvalue weighted by Crippen LogP contribution is -2.44. The number of benzene rings is 2. The summed E-state index contributed by atoms with van der Waals surface area (Å²) in [7, 11) is 4.08. The van der Waals surface area contributed by atoms with Gasteiger partial charge >= 0.3 is 0 Å². The number of fused-ring (bicyclic) bond motifs is 3. The highest BCUT2D eigenvalue weighted by Crippen LogP contribution is 2.30. The summed E-state index contributed by atoms with van der Waals surface area (Å²) in [4.78, 5) is 17.1. The summed E-state index contributed by atoms with van der Waals surface area (Å²) in [6.45, 7) is 2.11. The number of carbonyl (C=O) groups is 1. The topological polar surface area (TPSA) is 36.7 Å². The van der Waals surface area contributed by atoms with Crippen LogP contribution >= 0.6 is 0 Å². The van der Waals surface area contributed by atoms with E-state index in [0.29, 0.717) is 12.5 Å². The fourth-order valence-electron chi connectivity index (χ4n) is 3.88. The normalized spacial score (nSPS) is 16.6. The van der Waals surface area contributed by atoms with Gasteiger partial charge in [0.25, 0.3) is 0 Å². The fraction of sp³-hybridized carbons (Fsp3) is 0.381. The number of carbonyl (C=O) groups excluding carboxylic acids is 1. The number of rotatable bonds is 3. The Balaban J connectivity index is 1.60. The van der Waals surface area contributed by atoms with Crippen LogP contribution in [0, 0.1) is 0 Å². The molecule has 3 aromatic rings. The lowest BCUT2D eigenvalue weighted by atomic mass is 10.0. The molecule has 1 saturated heterocycles. The monoisotopic (exact) mass is 336 g/mol. The van der Waals surface area contributed by atoms with Crippen LogP contribution in [0.4, 0.5) is 0 Å². The zero-order valence-electron chi connectivity index (χ0n) is 14.9. The van der Waals surface area contributed by atoms with E-state index in [0.717, 1.165) is 47.9 Å². The quantitative estimate of drug-likeness (QED) is 0.732. The molecule has 0 N–H and O–H groups in total. The summed E-state index contributed by atoms with van der Waals surface area (Å²) < 4.78 is 5.72. The molecular formula is C21H24N2O2. The predicted molar refractivity (Wildman–Crippen MR) is 101 cm³/mol. The van der Waals surface area contributed by atoms with Gasteiger partial charge in [0.2, 0.25) is 5.91 Å². The number of likely N-dealkylation sites (N-methyl/N-ethyl adjacent to an activating group) is 1. The summed E-state index contributed by atoms with van der Waals surface area (Å²) in [5.41, 5.74) is 1.83. The first-order chi connectivity index (χ1) is 12.1. The second kappa shape index (κ2) is 6.52. The first kappa shape index (κ1) is 16.2. The number of amides is 1. The van der Waals surface area contributed by atoms with E-state index in [1.54, 1.807) is 6.26 Å². The molecule has 0 saturated carbocycles. The van der Waals surface area contributed by atoms with Crippen molar-refractivity contribution in [3.8, 4) is 0 Å². The van der Waals surface area contributed by atoms with E-state index in [4.69, 9.17) is 4.42 Å². The molecule has 2 heterocycles. The Bertz CT molecular complexity index is 907. The van der Waals surface area contributed by atoms with Crippen molar-refractivity contribution in [2.45, 2.75) is 25.3 Å². The maximum absolute atomic E-state index is 12.8. The van der Waals surface area contributed by atoms with Crippen molar-refractivity contribution in [3.05, 3.63) is 48.2 Å². The Morgan fingerprint density at radius 1 is 1.20 bits per heavy atom. The number of piperidine rings is 1. The standard InChI is InChI=1S/C21H24N2O2/c1-22-11-9-17(10-12-22)23(2)20(24)13-16-14-25-19-8-7-15-5-3-4-6-18(15)21(16)19/h3-8,14,17H,9-13H2,1-2H3. The molecule has 0 bridgehead atoms. The first-order valence-corrected chi connectivity index (χ1v) is 8.95. The van der Waals surface area contributed by atoms with Gasteiger partial charge in [0.1, 0.15) is 5.58 Å². The van der Waals surface area contributed by atoms with Crippen LogP contribution in [0.15, 0.2) is 47.1 Å². The Labute approximate surface area is 148 Å². The number of nitrogens with zero attached hydrogens (tertiary/aromatic N) is 2. The highest BCUT2D eigenvalue weighted by molar-refractivity contribution is 6.08. The second-order valence-electron chi connectivity index (χ2n) is 7.14. The summed E-state index contributed by atoms with van der Waals surface area (Å²) in [6.07, 6.45) is 4.24. The molecule has 1 fully saturated rings. The van der Waals surface area contributed by atoms with Crippen LogP contribution < -0.4 is 0 Å². The van der Waals surface area contributed by atoms with E-state index >= 15 is 0 Å². The fourth-order valence-corrected chi connectivity index (χ4v) is 3.88. The van der Waals surface area contributed by atoms with Crippen molar-refractivity contribution in [2.24, 2.45) is 0 Å². The molecule has 1 aromatic heterocycles. The lowest BCUT2D eigenvalue weighted by molar-refractivity contribution is -0.132. The van der Waals surface area contributed by atoms with Crippen LogP contribution in [0.1, 0.15) is 18.4 Å². The molecule has 4 heteroatoms. The van der Waals surface area contributed by atoms with Crippen molar-refractivity contribution < 1.29 is 9.21 Å². The van der Waals surface area contributed by atoms with Crippen molar-refractivity contribution >= 4 is 27.6 Å². The third-order valence-corrected chi connectivity index (χ3v) is 5.51. The molecule has 1 amide bonds. The molecule has 1 aliphatic heterocycles. The van der Waals surface area contributed by atoms with Crippen LogP contribution in [0.5, 0.6) is 0 Å². The van der Waals surface area contributed by atoms with E-state index in [-0.39, 0.29) is 5.91 Å². The summed E-state index contributed by atoms with van der Waals surface area (Å²) in [6, 6.07) is 12.7. The van der Waals surface area contributed by atoms with Gasteiger partial charge in [0.15, 0.2) is 0 Å². The van der Waals surface area contributed by atoms with Crippen LogP contribution in [0.2, 0.25) is 0 Å². The molecule has 4 rings (SSSR count). The van der Waals surface area contributed by atoms with Crippen molar-refractivity contribution in [2.75, 3.05) is 27.2 Å². The molecule has 0 unspecified atom stereocenters. The Kier molecular flexibility index (Phi) is 4.22. The molecule has 130 valence electrons. The Morgan fingerprint density at radius 3 is 2.76 bits per heavy atom. The number of likely N-dealkylation sites (tertiary alicyclic amines) is 1. The average Bonchev–Trinajstić information content (AvgIpc) is 3.05. The molecule has 2 aromatic carbocycles. The van der Waals surface area contributed by atoms with Crippen LogP contribution in [0.3, 0.4) is 0 Å². The van der Waals surface area contributed by atoms with E-state index in [2.05, 4.69) is 30.1 Å². The average molecular weight is 336 g/mol. The number of furan rings is 1. The predicted octanol–water partition coefficient (Wildman–Crippen LogP) is 3.68. The number of hydrogen-bond acceptors (Lipinski definition) is 3. The maximum Gasteiger partial charge on any atom is 0.227 e. The maximum atomic E-state index is 12.8. The van der Waals surface area contributed by atoms with Crippen LogP contribution in [-0.4, -0.2) is 48.9 Å². The van der Waals surface area contributed by atoms with Gasteiger partial charge < -0.3 is 14.2 Å². The van der Waals surface area contributed by atoms with Crippen LogP contribution in [0.25, 0.3) is 21.7 Å². The van der Waals surface area contributed by atoms with Crippen molar-refractivity contribution in [3.63, 3.8) is 0 Å². The zero-order valence-corrected chi connectivity index (χ0v) is 14.9. The van der Waals surface area contributed by atoms with Gasteiger partial charge in [0.05, 0.1) is 12.7 Å². The minimum absolute atomic E-state index is 0.171. The third-order valence-electron chi connectivity index (χ3n) is 5.51. The van der Waals surface area contributed by atoms with E-state index in [9.17, 15) is 4.79 Å². The summed E-state index contributed by atoms with van der Waals surface area (Å²) in [5.74, 6) is 0.171. The molecule has 0 atom stereocenters. The summed E-state index contributed by atoms with van der Waals surface area (Å²) >= 11 is 0. The first-order valence-electron chi connectivity index (χ1n) is 8.95. The molecule has 4 nitrogen and oxygen atoms in total. The van der Waals surface area contributed by atoms with Gasteiger partial charge in [0, 0.05) is 24.0 Å². The van der Waals surface area contributed by atoms with Gasteiger partial charge in [-0.2, -0.15) is 0 Å². The second-order valence-corrected chi connectivity index (χ2v) is 7.14. The zero-order chi connectivity index (χ0) is 17.4. The Morgan fingerprint density at radius 2 is 1.96 bits per heavy atom. The van der Waals surface area contributed by atoms with Gasteiger partial charge in [-0.15, -0.1) is 0 Å². The number of hydrogen-bond donors (Lipinski definition) is 0. The van der Waals surface area contributed by atoms with Crippen molar-refractivity contribution in [1.29, 1.82) is 0 Å². The van der Waals surface area contributed by atoms with Gasteiger partial charge in [-0.1, -0.05) is 30.3 Å². The minimum atomic E-state index is 0.171. The smallest absolute Gasteiger partial charge is 0.227 e. The van der Waals surface area contributed by atoms with Gasteiger partial charge in [-0.25, -0.2) is 0 Å². The third kappa shape index (κ3) is 3.02. The van der Waals surface area contributed by atoms with Gasteiger partial charge in [-0.05, 0) is 49.8 Å². The molecule has 0 spiro atoms. The molecule has 1 aliphatic rings. The van der Waals surface area contributed by atoms with Crippen molar-refractivity contribution in [1.82, 2.24) is 9.80 Å². The summed E-state index contributed by atoms with van der Waals surface area (Å²) in [5, 5.41) is 3.40. The highest BCUT2D eigenvalue weighted by Gasteiger charge is 2.24. The van der Waals surface area contributed by atoms with E-state index in [1.807, 2.05) is 30.1 Å². The highest BCUT2D eigenvalue weighted by atomic mass is 16.3. The molecule has 0 aliphatic carbocycles. The van der Waals surface area contributed by atoms with E-state index < -0.39 is 0 Å². The molecular weight excluding hydrogens is 312 g/mol. The minimum Gasteiger partial charge on any atom is -0.464 e. The largest absolute Gasteiger partial charge is 0.464 e. The molecule has 0 radical (unpaired) electrons. The molecule has 25 heavy (non-hydrogen) atoms. The Hall–Kier alpha value is -2.33. The SMILES string of the molecule is CN1CCC(N(C)C(=O)Cc2coc3ccc4ccccc4c23)CC1. The van der Waals surface area contributed by atoms with Crippen LogP contribution in [-0.2, 0) is 11.2 Å². The van der Waals surface area contributed by atoms with E-state index in [1.165, 1.54) is 5.39 Å². The lowest BCUT2D eigenvalue weighted by Gasteiger charge is -2.35. The van der Waals surface area contributed by atoms with Gasteiger partial charge in [-0.3, -0.25) is 4.79 Å².